The monoisotopic (exact) mass is 288 g/mol. The van der Waals surface area contributed by atoms with Gasteiger partial charge in [0.05, 0.1) is 0 Å². The van der Waals surface area contributed by atoms with E-state index in [1.54, 1.807) is 11.3 Å². The van der Waals surface area contributed by atoms with E-state index in [0.717, 1.165) is 37.7 Å². The second-order valence-corrected chi connectivity index (χ2v) is 6.14. The van der Waals surface area contributed by atoms with Crippen LogP contribution in [0.15, 0.2) is 36.1 Å². The van der Waals surface area contributed by atoms with Crippen LogP contribution in [0.3, 0.4) is 0 Å². The van der Waals surface area contributed by atoms with Gasteiger partial charge in [-0.25, -0.2) is 4.98 Å². The highest BCUT2D eigenvalue weighted by Gasteiger charge is 2.24. The first-order valence-corrected chi connectivity index (χ1v) is 7.98. The smallest absolute Gasteiger partial charge is 0.185 e. The molecule has 1 aliphatic rings. The first kappa shape index (κ1) is 13.5. The molecule has 3 rings (SSSR count). The molecule has 1 aliphatic heterocycles. The molecule has 1 atom stereocenters. The predicted molar refractivity (Wildman–Crippen MR) is 83.3 cm³/mol. The first-order valence-electron chi connectivity index (χ1n) is 7.10. The maximum atomic E-state index is 4.43. The maximum absolute atomic E-state index is 4.43. The van der Waals surface area contributed by atoms with Gasteiger partial charge in [-0.3, -0.25) is 9.88 Å². The third-order valence-electron chi connectivity index (χ3n) is 3.84. The highest BCUT2D eigenvalue weighted by Crippen LogP contribution is 2.22. The van der Waals surface area contributed by atoms with Crippen LogP contribution in [-0.4, -0.2) is 47.1 Å². The van der Waals surface area contributed by atoms with Crippen LogP contribution in [0.1, 0.15) is 12.5 Å². The number of rotatable bonds is 4. The summed E-state index contributed by atoms with van der Waals surface area (Å²) in [7, 11) is 0. The van der Waals surface area contributed by atoms with Crippen molar-refractivity contribution in [1.82, 2.24) is 14.9 Å². The number of hydrogen-bond acceptors (Lipinski definition) is 5. The lowest BCUT2D eigenvalue weighted by Gasteiger charge is -2.39. The van der Waals surface area contributed by atoms with E-state index in [2.05, 4.69) is 44.2 Å². The normalized spacial score (nSPS) is 20.2. The van der Waals surface area contributed by atoms with Crippen LogP contribution < -0.4 is 4.90 Å². The average molecular weight is 288 g/mol. The van der Waals surface area contributed by atoms with Gasteiger partial charge in [0.25, 0.3) is 0 Å². The van der Waals surface area contributed by atoms with E-state index in [9.17, 15) is 0 Å². The molecular formula is C15H20N4S. The van der Waals surface area contributed by atoms with Gasteiger partial charge in [0.2, 0.25) is 0 Å². The number of hydrogen-bond donors (Lipinski definition) is 0. The van der Waals surface area contributed by atoms with E-state index in [0.29, 0.717) is 6.04 Å². The minimum Gasteiger partial charge on any atom is -0.343 e. The van der Waals surface area contributed by atoms with Crippen molar-refractivity contribution in [1.29, 1.82) is 0 Å². The summed E-state index contributed by atoms with van der Waals surface area (Å²) in [6.45, 7) is 6.73. The zero-order valence-electron chi connectivity index (χ0n) is 11.8. The Morgan fingerprint density at radius 3 is 2.80 bits per heavy atom. The Bertz CT molecular complexity index is 514. The molecule has 0 radical (unpaired) electrons. The number of thiazole rings is 1. The predicted octanol–water partition coefficient (Wildman–Crippen LogP) is 2.29. The van der Waals surface area contributed by atoms with Gasteiger partial charge in [-0.1, -0.05) is 0 Å². The van der Waals surface area contributed by atoms with Gasteiger partial charge in [0, 0.05) is 56.2 Å². The van der Waals surface area contributed by atoms with Crippen LogP contribution in [-0.2, 0) is 6.42 Å². The van der Waals surface area contributed by atoms with E-state index in [1.165, 1.54) is 5.56 Å². The Morgan fingerprint density at radius 2 is 2.10 bits per heavy atom. The maximum Gasteiger partial charge on any atom is 0.185 e. The van der Waals surface area contributed by atoms with Gasteiger partial charge in [-0.15, -0.1) is 11.3 Å². The molecule has 106 valence electrons. The number of nitrogens with zero attached hydrogens (tertiary/aromatic N) is 4. The molecule has 20 heavy (non-hydrogen) atoms. The van der Waals surface area contributed by atoms with Crippen molar-refractivity contribution in [3.05, 3.63) is 41.7 Å². The van der Waals surface area contributed by atoms with Crippen molar-refractivity contribution in [3.8, 4) is 0 Å². The van der Waals surface area contributed by atoms with Gasteiger partial charge in [-0.2, -0.15) is 0 Å². The number of pyridine rings is 1. The van der Waals surface area contributed by atoms with Crippen LogP contribution in [0.5, 0.6) is 0 Å². The minimum absolute atomic E-state index is 0.535. The highest BCUT2D eigenvalue weighted by molar-refractivity contribution is 7.13. The summed E-state index contributed by atoms with van der Waals surface area (Å²) in [4.78, 5) is 13.5. The SMILES string of the molecule is CC1CN(CCc2ccncc2)CCN1c1nccs1. The van der Waals surface area contributed by atoms with Gasteiger partial charge in [-0.05, 0) is 31.0 Å². The second-order valence-electron chi connectivity index (χ2n) is 5.26. The van der Waals surface area contributed by atoms with E-state index in [4.69, 9.17) is 0 Å². The van der Waals surface area contributed by atoms with Crippen molar-refractivity contribution in [2.24, 2.45) is 0 Å². The fourth-order valence-corrected chi connectivity index (χ4v) is 3.49. The lowest BCUT2D eigenvalue weighted by molar-refractivity contribution is 0.231. The second kappa shape index (κ2) is 6.33. The zero-order chi connectivity index (χ0) is 13.8. The quantitative estimate of drug-likeness (QED) is 0.864. The Morgan fingerprint density at radius 1 is 1.25 bits per heavy atom. The van der Waals surface area contributed by atoms with Crippen molar-refractivity contribution >= 4 is 16.5 Å². The molecule has 0 saturated carbocycles. The minimum atomic E-state index is 0.535. The highest BCUT2D eigenvalue weighted by atomic mass is 32.1. The molecule has 3 heterocycles. The summed E-state index contributed by atoms with van der Waals surface area (Å²) < 4.78 is 0. The summed E-state index contributed by atoms with van der Waals surface area (Å²) in [6, 6.07) is 4.75. The van der Waals surface area contributed by atoms with Crippen molar-refractivity contribution in [2.75, 3.05) is 31.1 Å². The third kappa shape index (κ3) is 3.16. The van der Waals surface area contributed by atoms with Crippen molar-refractivity contribution < 1.29 is 0 Å². The van der Waals surface area contributed by atoms with Crippen molar-refractivity contribution in [3.63, 3.8) is 0 Å². The molecule has 5 heteroatoms. The topological polar surface area (TPSA) is 32.3 Å². The standard InChI is InChI=1S/C15H20N4S/c1-13-12-18(8-4-14-2-5-16-6-3-14)9-10-19(13)15-17-7-11-20-15/h2-3,5-7,11,13H,4,8-10,12H2,1H3. The summed E-state index contributed by atoms with van der Waals surface area (Å²) in [5, 5.41) is 3.21. The van der Waals surface area contributed by atoms with Crippen LogP contribution >= 0.6 is 11.3 Å². The van der Waals surface area contributed by atoms with Crippen molar-refractivity contribution in [2.45, 2.75) is 19.4 Å². The van der Waals surface area contributed by atoms with Crippen LogP contribution in [0, 0.1) is 0 Å². The van der Waals surface area contributed by atoms with Crippen LogP contribution in [0.4, 0.5) is 5.13 Å². The number of anilines is 1. The summed E-state index contributed by atoms with van der Waals surface area (Å²) in [6.07, 6.45) is 6.74. The summed E-state index contributed by atoms with van der Waals surface area (Å²) in [5.74, 6) is 0. The van der Waals surface area contributed by atoms with E-state index >= 15 is 0 Å². The average Bonchev–Trinajstić information content (AvgIpc) is 3.00. The molecule has 0 amide bonds. The molecule has 1 fully saturated rings. The molecule has 0 bridgehead atoms. The molecule has 0 aliphatic carbocycles. The number of aromatic nitrogens is 2. The Kier molecular flexibility index (Phi) is 4.28. The molecule has 1 saturated heterocycles. The van der Waals surface area contributed by atoms with Gasteiger partial charge in [0.15, 0.2) is 5.13 Å². The molecule has 0 spiro atoms. The molecular weight excluding hydrogens is 268 g/mol. The number of piperazine rings is 1. The zero-order valence-corrected chi connectivity index (χ0v) is 12.6. The molecule has 4 nitrogen and oxygen atoms in total. The molecule has 1 unspecified atom stereocenters. The summed E-state index contributed by atoms with van der Waals surface area (Å²) in [5.41, 5.74) is 1.37. The van der Waals surface area contributed by atoms with Crippen LogP contribution in [0.2, 0.25) is 0 Å². The van der Waals surface area contributed by atoms with Gasteiger partial charge in [0.1, 0.15) is 0 Å². The molecule has 2 aromatic heterocycles. The fourth-order valence-electron chi connectivity index (χ4n) is 2.71. The van der Waals surface area contributed by atoms with Gasteiger partial charge < -0.3 is 4.90 Å². The van der Waals surface area contributed by atoms with E-state index in [-0.39, 0.29) is 0 Å². The van der Waals surface area contributed by atoms with Gasteiger partial charge >= 0.3 is 0 Å². The molecule has 2 aromatic rings. The molecule has 0 N–H and O–H groups in total. The fraction of sp³-hybridized carbons (Fsp3) is 0.467. The lowest BCUT2D eigenvalue weighted by Crippen LogP contribution is -2.52. The Balaban J connectivity index is 1.52. The first-order chi connectivity index (χ1) is 9.83. The largest absolute Gasteiger partial charge is 0.343 e. The Labute approximate surface area is 124 Å². The van der Waals surface area contributed by atoms with Crippen LogP contribution in [0.25, 0.3) is 0 Å². The van der Waals surface area contributed by atoms with E-state index in [1.807, 2.05) is 18.6 Å². The third-order valence-corrected chi connectivity index (χ3v) is 4.65. The summed E-state index contributed by atoms with van der Waals surface area (Å²) >= 11 is 1.73. The molecule has 0 aromatic carbocycles. The Hall–Kier alpha value is -1.46. The van der Waals surface area contributed by atoms with E-state index < -0.39 is 0 Å². The lowest BCUT2D eigenvalue weighted by atomic mass is 10.1.